The zero-order chi connectivity index (χ0) is 16.1. The van der Waals surface area contributed by atoms with Gasteiger partial charge < -0.3 is 15.0 Å². The van der Waals surface area contributed by atoms with Gasteiger partial charge in [0.15, 0.2) is 5.16 Å². The first-order valence-corrected chi connectivity index (χ1v) is 8.05. The highest BCUT2D eigenvalue weighted by atomic mass is 32.2. The van der Waals surface area contributed by atoms with E-state index in [1.54, 1.807) is 0 Å². The highest BCUT2D eigenvalue weighted by Gasteiger charge is 2.28. The Labute approximate surface area is 132 Å². The van der Waals surface area contributed by atoms with Gasteiger partial charge in [-0.2, -0.15) is 0 Å². The van der Waals surface area contributed by atoms with E-state index in [0.29, 0.717) is 16.8 Å². The summed E-state index contributed by atoms with van der Waals surface area (Å²) in [5.74, 6) is 0.201. The van der Waals surface area contributed by atoms with E-state index in [4.69, 9.17) is 0 Å². The standard InChI is InChI=1S/C14H19N3O4S/c1-8(9-3-4-9)15-12(19)7-22-14-16-10(5-11(18)17-14)6-13(20)21-2/h5,8-9H,3-4,6-7H2,1-2H3,(H,15,19)(H,16,17,18)/t8-/m1/s1. The van der Waals surface area contributed by atoms with E-state index in [-0.39, 0.29) is 29.7 Å². The molecule has 1 heterocycles. The summed E-state index contributed by atoms with van der Waals surface area (Å²) in [6, 6.07) is 1.43. The van der Waals surface area contributed by atoms with Gasteiger partial charge in [-0.25, -0.2) is 4.98 Å². The highest BCUT2D eigenvalue weighted by molar-refractivity contribution is 7.99. The number of nitrogens with zero attached hydrogens (tertiary/aromatic N) is 1. The molecular formula is C14H19N3O4S. The first kappa shape index (κ1) is 16.5. The van der Waals surface area contributed by atoms with E-state index < -0.39 is 5.97 Å². The summed E-state index contributed by atoms with van der Waals surface area (Å²) in [5.41, 5.74) is -0.0342. The van der Waals surface area contributed by atoms with Crippen LogP contribution in [0.15, 0.2) is 16.0 Å². The fourth-order valence-corrected chi connectivity index (χ4v) is 2.71. The third-order valence-electron chi connectivity index (χ3n) is 3.38. The van der Waals surface area contributed by atoms with E-state index in [1.807, 2.05) is 6.92 Å². The molecule has 1 aliphatic carbocycles. The maximum absolute atomic E-state index is 11.8. The number of aromatic amines is 1. The monoisotopic (exact) mass is 325 g/mol. The molecule has 1 fully saturated rings. The number of amides is 1. The molecule has 0 saturated heterocycles. The highest BCUT2D eigenvalue weighted by Crippen LogP contribution is 2.32. The van der Waals surface area contributed by atoms with E-state index in [1.165, 1.54) is 26.0 Å². The number of thioether (sulfide) groups is 1. The predicted octanol–water partition coefficient (Wildman–Crippen LogP) is 0.492. The smallest absolute Gasteiger partial charge is 0.311 e. The van der Waals surface area contributed by atoms with E-state index in [9.17, 15) is 14.4 Å². The normalized spacial score (nSPS) is 15.2. The van der Waals surface area contributed by atoms with Crippen molar-refractivity contribution in [1.29, 1.82) is 0 Å². The number of aromatic nitrogens is 2. The van der Waals surface area contributed by atoms with Crippen LogP contribution in [0.25, 0.3) is 0 Å². The van der Waals surface area contributed by atoms with E-state index in [2.05, 4.69) is 20.0 Å². The van der Waals surface area contributed by atoms with Crippen LogP contribution in [0.1, 0.15) is 25.5 Å². The van der Waals surface area contributed by atoms with Crippen LogP contribution in [-0.4, -0.2) is 40.7 Å². The Hall–Kier alpha value is -1.83. The number of H-pyrrole nitrogens is 1. The number of carbonyl (C=O) groups excluding carboxylic acids is 2. The minimum absolute atomic E-state index is 0.0705. The van der Waals surface area contributed by atoms with Crippen LogP contribution in [0.3, 0.4) is 0 Å². The molecule has 2 N–H and O–H groups in total. The summed E-state index contributed by atoms with van der Waals surface area (Å²) < 4.78 is 4.54. The number of rotatable bonds is 7. The topological polar surface area (TPSA) is 101 Å². The van der Waals surface area contributed by atoms with Crippen molar-refractivity contribution in [2.45, 2.75) is 37.4 Å². The Bertz CT molecular complexity index is 612. The van der Waals surface area contributed by atoms with Crippen LogP contribution in [0.5, 0.6) is 0 Å². The number of hydrogen-bond donors (Lipinski definition) is 2. The molecule has 0 spiro atoms. The van der Waals surface area contributed by atoms with Gasteiger partial charge in [-0.1, -0.05) is 11.8 Å². The largest absolute Gasteiger partial charge is 0.469 e. The number of nitrogens with one attached hydrogen (secondary N) is 2. The maximum atomic E-state index is 11.8. The Balaban J connectivity index is 1.89. The molecule has 1 aliphatic rings. The average molecular weight is 325 g/mol. The van der Waals surface area contributed by atoms with Gasteiger partial charge in [-0.15, -0.1) is 0 Å². The molecule has 0 radical (unpaired) electrons. The molecule has 0 unspecified atom stereocenters. The number of methoxy groups -OCH3 is 1. The summed E-state index contributed by atoms with van der Waals surface area (Å²) in [4.78, 5) is 41.3. The van der Waals surface area contributed by atoms with Crippen molar-refractivity contribution in [1.82, 2.24) is 15.3 Å². The zero-order valence-electron chi connectivity index (χ0n) is 12.5. The molecule has 120 valence electrons. The van der Waals surface area contributed by atoms with Gasteiger partial charge in [-0.05, 0) is 25.7 Å². The van der Waals surface area contributed by atoms with E-state index in [0.717, 1.165) is 11.8 Å². The molecule has 2 rings (SSSR count). The van der Waals surface area contributed by atoms with E-state index >= 15 is 0 Å². The molecular weight excluding hydrogens is 306 g/mol. The number of hydrogen-bond acceptors (Lipinski definition) is 6. The third kappa shape index (κ3) is 5.18. The number of esters is 1. The SMILES string of the molecule is COC(=O)Cc1cc(=O)[nH]c(SCC(=O)N[C@H](C)C2CC2)n1. The molecule has 1 aromatic heterocycles. The molecule has 1 aromatic rings. The lowest BCUT2D eigenvalue weighted by Gasteiger charge is -2.12. The minimum Gasteiger partial charge on any atom is -0.469 e. The molecule has 1 amide bonds. The number of ether oxygens (including phenoxy) is 1. The first-order valence-electron chi connectivity index (χ1n) is 7.07. The van der Waals surface area contributed by atoms with Crippen molar-refractivity contribution in [3.63, 3.8) is 0 Å². The van der Waals surface area contributed by atoms with Gasteiger partial charge in [-0.3, -0.25) is 14.4 Å². The van der Waals surface area contributed by atoms with Crippen molar-refractivity contribution in [2.24, 2.45) is 5.92 Å². The zero-order valence-corrected chi connectivity index (χ0v) is 13.4. The summed E-state index contributed by atoms with van der Waals surface area (Å²) in [6.07, 6.45) is 2.26. The molecule has 22 heavy (non-hydrogen) atoms. The minimum atomic E-state index is -0.468. The van der Waals surface area contributed by atoms with Crippen LogP contribution >= 0.6 is 11.8 Å². The van der Waals surface area contributed by atoms with Gasteiger partial charge in [0, 0.05) is 12.1 Å². The molecule has 0 bridgehead atoms. The molecule has 7 nitrogen and oxygen atoms in total. The van der Waals surface area contributed by atoms with Gasteiger partial charge in [0.25, 0.3) is 5.56 Å². The fourth-order valence-electron chi connectivity index (χ4n) is 2.01. The van der Waals surface area contributed by atoms with Crippen molar-refractivity contribution in [2.75, 3.05) is 12.9 Å². The van der Waals surface area contributed by atoms with Gasteiger partial charge in [0.05, 0.1) is 25.0 Å². The second-order valence-electron chi connectivity index (χ2n) is 5.28. The van der Waals surface area contributed by atoms with Crippen LogP contribution in [0.2, 0.25) is 0 Å². The van der Waals surface area contributed by atoms with Crippen LogP contribution < -0.4 is 10.9 Å². The lowest BCUT2D eigenvalue weighted by molar-refractivity contribution is -0.139. The lowest BCUT2D eigenvalue weighted by atomic mass is 10.2. The predicted molar refractivity (Wildman–Crippen MR) is 81.6 cm³/mol. The Morgan fingerprint density at radius 3 is 2.91 bits per heavy atom. The molecule has 8 heteroatoms. The average Bonchev–Trinajstić information content (AvgIpc) is 3.29. The number of carbonyl (C=O) groups is 2. The Morgan fingerprint density at radius 1 is 1.55 bits per heavy atom. The quantitative estimate of drug-likeness (QED) is 0.430. The summed E-state index contributed by atoms with van der Waals surface area (Å²) in [7, 11) is 1.27. The van der Waals surface area contributed by atoms with Crippen LogP contribution in [-0.2, 0) is 20.7 Å². The summed E-state index contributed by atoms with van der Waals surface area (Å²) in [6.45, 7) is 2.00. The summed E-state index contributed by atoms with van der Waals surface area (Å²) in [5, 5.41) is 3.25. The first-order chi connectivity index (χ1) is 10.5. The molecule has 1 atom stereocenters. The summed E-state index contributed by atoms with van der Waals surface area (Å²) >= 11 is 1.13. The second kappa shape index (κ2) is 7.44. The van der Waals surface area contributed by atoms with Gasteiger partial charge in [0.1, 0.15) is 0 Å². The van der Waals surface area contributed by atoms with Crippen molar-refractivity contribution < 1.29 is 14.3 Å². The molecule has 0 aliphatic heterocycles. The Kier molecular flexibility index (Phi) is 5.59. The maximum Gasteiger partial charge on any atom is 0.311 e. The van der Waals surface area contributed by atoms with Crippen LogP contribution in [0, 0.1) is 5.92 Å². The van der Waals surface area contributed by atoms with Crippen molar-refractivity contribution in [3.8, 4) is 0 Å². The van der Waals surface area contributed by atoms with Crippen molar-refractivity contribution >= 4 is 23.6 Å². The fraction of sp³-hybridized carbons (Fsp3) is 0.571. The van der Waals surface area contributed by atoms with Gasteiger partial charge in [0.2, 0.25) is 5.91 Å². The van der Waals surface area contributed by atoms with Crippen LogP contribution in [0.4, 0.5) is 0 Å². The second-order valence-corrected chi connectivity index (χ2v) is 6.24. The lowest BCUT2D eigenvalue weighted by Crippen LogP contribution is -2.35. The molecule has 1 saturated carbocycles. The third-order valence-corrected chi connectivity index (χ3v) is 4.26. The molecule has 0 aromatic carbocycles. The van der Waals surface area contributed by atoms with Crippen molar-refractivity contribution in [3.05, 3.63) is 22.1 Å². The van der Waals surface area contributed by atoms with Gasteiger partial charge >= 0.3 is 5.97 Å². The Morgan fingerprint density at radius 2 is 2.27 bits per heavy atom.